The van der Waals surface area contributed by atoms with Crippen LogP contribution in [0.25, 0.3) is 0 Å². The number of nitrogens with zero attached hydrogens (tertiary/aromatic N) is 3. The third-order valence-electron chi connectivity index (χ3n) is 5.69. The summed E-state index contributed by atoms with van der Waals surface area (Å²) in [4.78, 5) is 66.1. The largest absolute Gasteiger partial charge is 0.442 e. The molecule has 31 heavy (non-hydrogen) atoms. The molecule has 2 fully saturated rings. The van der Waals surface area contributed by atoms with Crippen LogP contribution in [0, 0.1) is 0 Å². The molecule has 1 aromatic carbocycles. The van der Waals surface area contributed by atoms with E-state index in [0.29, 0.717) is 12.8 Å². The van der Waals surface area contributed by atoms with Crippen LogP contribution in [0.15, 0.2) is 24.3 Å². The Hall–Kier alpha value is -3.23. The molecular weight excluding hydrogens is 402 g/mol. The quantitative estimate of drug-likeness (QED) is 0.636. The minimum Gasteiger partial charge on any atom is -0.442 e. The van der Waals surface area contributed by atoms with Crippen molar-refractivity contribution < 1.29 is 28.7 Å². The number of fused-ring (bicyclic) bond motifs is 2. The number of rotatable bonds is 1. The summed E-state index contributed by atoms with van der Waals surface area (Å²) in [7, 11) is 0. The monoisotopic (exact) mass is 427 g/mol. The molecule has 2 atom stereocenters. The van der Waals surface area contributed by atoms with Crippen LogP contribution in [0.2, 0.25) is 0 Å². The summed E-state index contributed by atoms with van der Waals surface area (Å²) in [6, 6.07) is 4.41. The Morgan fingerprint density at radius 2 is 1.58 bits per heavy atom. The molecule has 3 aliphatic rings. The topological polar surface area (TPSA) is 104 Å². The van der Waals surface area contributed by atoms with Crippen molar-refractivity contribution in [1.29, 1.82) is 0 Å². The molecule has 0 N–H and O–H groups in total. The number of hydrazine groups is 1. The van der Waals surface area contributed by atoms with Crippen LogP contribution in [0.1, 0.15) is 67.2 Å². The zero-order valence-corrected chi connectivity index (χ0v) is 17.8. The van der Waals surface area contributed by atoms with Crippen LogP contribution < -0.4 is 0 Å². The van der Waals surface area contributed by atoms with E-state index in [4.69, 9.17) is 4.74 Å². The van der Waals surface area contributed by atoms with E-state index in [-0.39, 0.29) is 36.3 Å². The second kappa shape index (κ2) is 7.47. The molecule has 0 saturated carbocycles. The van der Waals surface area contributed by atoms with Crippen molar-refractivity contribution in [2.24, 2.45) is 0 Å². The van der Waals surface area contributed by atoms with Gasteiger partial charge in [-0.2, -0.15) is 0 Å². The second-order valence-corrected chi connectivity index (χ2v) is 8.99. The molecule has 4 amide bonds. The first-order valence-electron chi connectivity index (χ1n) is 10.4. The second-order valence-electron chi connectivity index (χ2n) is 8.99. The molecule has 3 aliphatic heterocycles. The van der Waals surface area contributed by atoms with Gasteiger partial charge in [-0.15, -0.1) is 0 Å². The van der Waals surface area contributed by atoms with Gasteiger partial charge in [-0.05, 0) is 52.2 Å². The van der Waals surface area contributed by atoms with E-state index in [9.17, 15) is 24.0 Å². The number of carbonyl (C=O) groups is 5. The third-order valence-corrected chi connectivity index (χ3v) is 5.69. The predicted octanol–water partition coefficient (Wildman–Crippen LogP) is 2.16. The molecule has 9 nitrogen and oxygen atoms in total. The Balaban J connectivity index is 1.69. The maximum atomic E-state index is 13.6. The fourth-order valence-electron chi connectivity index (χ4n) is 4.35. The Morgan fingerprint density at radius 3 is 2.16 bits per heavy atom. The van der Waals surface area contributed by atoms with Crippen molar-refractivity contribution in [3.05, 3.63) is 35.4 Å². The van der Waals surface area contributed by atoms with E-state index >= 15 is 0 Å². The molecule has 0 aromatic heterocycles. The highest BCUT2D eigenvalue weighted by Crippen LogP contribution is 2.32. The number of imide groups is 1. The van der Waals surface area contributed by atoms with E-state index in [1.54, 1.807) is 45.0 Å². The normalized spacial score (nSPS) is 24.2. The van der Waals surface area contributed by atoms with Gasteiger partial charge in [0.05, 0.1) is 11.1 Å². The lowest BCUT2D eigenvalue weighted by Crippen LogP contribution is -2.63. The highest BCUT2D eigenvalue weighted by Gasteiger charge is 2.50. The molecule has 2 saturated heterocycles. The van der Waals surface area contributed by atoms with Gasteiger partial charge in [0.1, 0.15) is 17.7 Å². The average molecular weight is 427 g/mol. The van der Waals surface area contributed by atoms with Crippen LogP contribution >= 0.6 is 0 Å². The molecule has 0 unspecified atom stereocenters. The Bertz CT molecular complexity index is 947. The number of ether oxygens (including phenoxy) is 1. The van der Waals surface area contributed by atoms with Crippen LogP contribution in [0.4, 0.5) is 4.79 Å². The number of benzene rings is 1. The zero-order chi connectivity index (χ0) is 22.5. The van der Waals surface area contributed by atoms with Gasteiger partial charge in [0.2, 0.25) is 0 Å². The molecule has 1 aromatic rings. The molecule has 164 valence electrons. The van der Waals surface area contributed by atoms with Gasteiger partial charge in [0.15, 0.2) is 5.78 Å². The first-order valence-corrected chi connectivity index (χ1v) is 10.4. The van der Waals surface area contributed by atoms with Crippen molar-refractivity contribution in [3.63, 3.8) is 0 Å². The van der Waals surface area contributed by atoms with Gasteiger partial charge in [0.25, 0.3) is 17.7 Å². The lowest BCUT2D eigenvalue weighted by molar-refractivity contribution is -0.165. The zero-order valence-electron chi connectivity index (χ0n) is 17.8. The molecule has 3 heterocycles. The Morgan fingerprint density at radius 1 is 0.968 bits per heavy atom. The van der Waals surface area contributed by atoms with Crippen LogP contribution in [0.3, 0.4) is 0 Å². The van der Waals surface area contributed by atoms with Crippen LogP contribution in [-0.4, -0.2) is 68.7 Å². The van der Waals surface area contributed by atoms with Crippen molar-refractivity contribution in [2.45, 2.75) is 64.1 Å². The SMILES string of the molecule is CC(C)(C)OC(=O)N1CCC[C@@H]2C(=O)CC[C@H](N3C(=O)c4ccccc4C3=O)C(=O)N21. The summed E-state index contributed by atoms with van der Waals surface area (Å²) in [6.07, 6.45) is 0.280. The lowest BCUT2D eigenvalue weighted by atomic mass is 10.0. The number of hydrogen-bond acceptors (Lipinski definition) is 6. The predicted molar refractivity (Wildman–Crippen MR) is 108 cm³/mol. The van der Waals surface area contributed by atoms with Gasteiger partial charge in [-0.25, -0.2) is 14.8 Å². The van der Waals surface area contributed by atoms with Gasteiger partial charge < -0.3 is 4.74 Å². The van der Waals surface area contributed by atoms with Crippen LogP contribution in [-0.2, 0) is 14.3 Å². The lowest BCUT2D eigenvalue weighted by Gasteiger charge is -2.43. The maximum absolute atomic E-state index is 13.6. The molecule has 0 spiro atoms. The summed E-state index contributed by atoms with van der Waals surface area (Å²) in [5.41, 5.74) is -0.324. The first kappa shape index (κ1) is 21.0. The first-order chi connectivity index (χ1) is 14.6. The Kier molecular flexibility index (Phi) is 5.07. The van der Waals surface area contributed by atoms with Crippen molar-refractivity contribution >= 4 is 29.6 Å². The summed E-state index contributed by atoms with van der Waals surface area (Å²) >= 11 is 0. The number of amides is 4. The number of hydrogen-bond donors (Lipinski definition) is 0. The molecule has 0 radical (unpaired) electrons. The Labute approximate surface area is 179 Å². The minimum absolute atomic E-state index is 0.0261. The maximum Gasteiger partial charge on any atom is 0.429 e. The van der Waals surface area contributed by atoms with Gasteiger partial charge in [-0.1, -0.05) is 12.1 Å². The summed E-state index contributed by atoms with van der Waals surface area (Å²) in [5, 5.41) is 2.28. The van der Waals surface area contributed by atoms with Crippen molar-refractivity contribution in [2.75, 3.05) is 6.54 Å². The third kappa shape index (κ3) is 3.58. The van der Waals surface area contributed by atoms with Gasteiger partial charge in [-0.3, -0.25) is 24.1 Å². The van der Waals surface area contributed by atoms with Crippen LogP contribution in [0.5, 0.6) is 0 Å². The summed E-state index contributed by atoms with van der Waals surface area (Å²) in [5.74, 6) is -1.94. The van der Waals surface area contributed by atoms with E-state index < -0.39 is 41.5 Å². The molecule has 4 rings (SSSR count). The summed E-state index contributed by atoms with van der Waals surface area (Å²) < 4.78 is 5.44. The molecule has 0 bridgehead atoms. The molecule has 0 aliphatic carbocycles. The van der Waals surface area contributed by atoms with E-state index in [1.165, 1.54) is 0 Å². The van der Waals surface area contributed by atoms with Gasteiger partial charge in [0, 0.05) is 13.0 Å². The van der Waals surface area contributed by atoms with E-state index in [2.05, 4.69) is 0 Å². The van der Waals surface area contributed by atoms with Crippen molar-refractivity contribution in [1.82, 2.24) is 14.9 Å². The number of ketones is 1. The fourth-order valence-corrected chi connectivity index (χ4v) is 4.35. The smallest absolute Gasteiger partial charge is 0.429 e. The molecule has 9 heteroatoms. The van der Waals surface area contributed by atoms with Gasteiger partial charge >= 0.3 is 6.09 Å². The van der Waals surface area contributed by atoms with E-state index in [0.717, 1.165) is 14.9 Å². The standard InChI is InChI=1S/C22H25N3O6/c1-22(2,3)31-21(30)23-12-6-9-15-17(26)11-10-16(20(29)25(15)23)24-18(27)13-7-4-5-8-14(13)19(24)28/h4-5,7-8,15-16H,6,9-12H2,1-3H3/t15-,16+/m1/s1. The highest BCUT2D eigenvalue weighted by molar-refractivity contribution is 6.23. The highest BCUT2D eigenvalue weighted by atomic mass is 16.6. The minimum atomic E-state index is -1.16. The average Bonchev–Trinajstić information content (AvgIpc) is 2.89. The molecular formula is C22H25N3O6. The number of Topliss-reactive ketones (excluding diaryl/α,β-unsaturated/α-hetero) is 1. The number of carbonyl (C=O) groups excluding carboxylic acids is 5. The fraction of sp³-hybridized carbons (Fsp3) is 0.500. The van der Waals surface area contributed by atoms with Crippen molar-refractivity contribution in [3.8, 4) is 0 Å². The summed E-state index contributed by atoms with van der Waals surface area (Å²) in [6.45, 7) is 5.34. The van der Waals surface area contributed by atoms with E-state index in [1.807, 2.05) is 0 Å².